The number of hydrogen-bond donors (Lipinski definition) is 2. The molecule has 0 aliphatic carbocycles. The minimum absolute atomic E-state index is 0.144. The molecule has 2 N–H and O–H groups in total. The third kappa shape index (κ3) is 6.92. The van der Waals surface area contributed by atoms with E-state index in [1.165, 1.54) is 4.90 Å². The minimum atomic E-state index is -0.993. The third-order valence-corrected chi connectivity index (χ3v) is 2.58. The van der Waals surface area contributed by atoms with E-state index in [2.05, 4.69) is 25.1 Å². The Hall–Kier alpha value is -1.54. The Morgan fingerprint density at radius 3 is 2.44 bits per heavy atom. The van der Waals surface area contributed by atoms with Crippen molar-refractivity contribution >= 4 is 11.9 Å². The lowest BCUT2D eigenvalue weighted by molar-refractivity contribution is -0.139. The van der Waals surface area contributed by atoms with Crippen LogP contribution in [0.2, 0.25) is 0 Å². The number of carbonyl (C=O) groups excluding carboxylic acids is 1. The van der Waals surface area contributed by atoms with Crippen LogP contribution < -0.4 is 5.32 Å². The molecule has 5 nitrogen and oxygen atoms in total. The average Bonchev–Trinajstić information content (AvgIpc) is 2.26. The van der Waals surface area contributed by atoms with Gasteiger partial charge >= 0.3 is 5.97 Å². The second-order valence-electron chi connectivity index (χ2n) is 4.65. The molecule has 0 aliphatic rings. The van der Waals surface area contributed by atoms with Gasteiger partial charge < -0.3 is 10.4 Å². The van der Waals surface area contributed by atoms with Crippen molar-refractivity contribution in [2.24, 2.45) is 5.92 Å². The maximum absolute atomic E-state index is 11.8. The Labute approximate surface area is 109 Å². The van der Waals surface area contributed by atoms with Crippen LogP contribution in [0, 0.1) is 18.3 Å². The highest BCUT2D eigenvalue weighted by molar-refractivity contribution is 5.82. The summed E-state index contributed by atoms with van der Waals surface area (Å²) in [5.41, 5.74) is 0. The van der Waals surface area contributed by atoms with Crippen LogP contribution in [0.5, 0.6) is 0 Å². The van der Waals surface area contributed by atoms with Gasteiger partial charge in [-0.15, -0.1) is 6.42 Å². The van der Waals surface area contributed by atoms with Gasteiger partial charge in [-0.3, -0.25) is 14.5 Å². The van der Waals surface area contributed by atoms with Crippen molar-refractivity contribution in [1.29, 1.82) is 0 Å². The van der Waals surface area contributed by atoms with Gasteiger partial charge in [-0.2, -0.15) is 0 Å². The molecule has 0 spiro atoms. The summed E-state index contributed by atoms with van der Waals surface area (Å²) in [4.78, 5) is 23.9. The molecular formula is C13H22N2O3. The zero-order valence-electron chi connectivity index (χ0n) is 11.3. The highest BCUT2D eigenvalue weighted by Gasteiger charge is 2.22. The largest absolute Gasteiger partial charge is 0.480 e. The zero-order chi connectivity index (χ0) is 14.1. The van der Waals surface area contributed by atoms with Crippen LogP contribution in [0.4, 0.5) is 0 Å². The minimum Gasteiger partial charge on any atom is -0.480 e. The molecule has 0 bridgehead atoms. The van der Waals surface area contributed by atoms with Crippen molar-refractivity contribution in [2.75, 3.05) is 19.6 Å². The van der Waals surface area contributed by atoms with Gasteiger partial charge in [0, 0.05) is 6.54 Å². The number of carboxylic acids is 1. The SMILES string of the molecule is C#CCN(CC(=O)O)C(C)C(=O)NCCC(C)C. The first kappa shape index (κ1) is 16.5. The molecular weight excluding hydrogens is 232 g/mol. The number of carboxylic acid groups (broad SMARTS) is 1. The summed E-state index contributed by atoms with van der Waals surface area (Å²) in [7, 11) is 0. The monoisotopic (exact) mass is 254 g/mol. The fourth-order valence-corrected chi connectivity index (χ4v) is 1.42. The topological polar surface area (TPSA) is 69.6 Å². The number of aliphatic carboxylic acids is 1. The van der Waals surface area contributed by atoms with Crippen molar-refractivity contribution in [3.8, 4) is 12.3 Å². The van der Waals surface area contributed by atoms with Crippen LogP contribution >= 0.6 is 0 Å². The van der Waals surface area contributed by atoms with Crippen LogP contribution in [0.15, 0.2) is 0 Å². The molecule has 0 saturated heterocycles. The number of amides is 1. The van der Waals surface area contributed by atoms with Gasteiger partial charge in [0.1, 0.15) is 0 Å². The standard InChI is InChI=1S/C13H22N2O3/c1-5-8-15(9-12(16)17)11(4)13(18)14-7-6-10(2)3/h1,10-11H,6-9H2,2-4H3,(H,14,18)(H,16,17). The summed E-state index contributed by atoms with van der Waals surface area (Å²) >= 11 is 0. The van der Waals surface area contributed by atoms with E-state index in [1.807, 2.05) is 0 Å². The summed E-state index contributed by atoms with van der Waals surface area (Å²) in [6.07, 6.45) is 6.06. The molecule has 0 heterocycles. The Kier molecular flexibility index (Phi) is 7.81. The van der Waals surface area contributed by atoms with Gasteiger partial charge in [0.05, 0.1) is 19.1 Å². The number of nitrogens with zero attached hydrogens (tertiary/aromatic N) is 1. The smallest absolute Gasteiger partial charge is 0.317 e. The first-order valence-electron chi connectivity index (χ1n) is 6.05. The molecule has 0 fully saturated rings. The summed E-state index contributed by atoms with van der Waals surface area (Å²) in [6, 6.07) is -0.538. The van der Waals surface area contributed by atoms with Crippen LogP contribution in [0.1, 0.15) is 27.2 Å². The second kappa shape index (κ2) is 8.54. The predicted octanol–water partition coefficient (Wildman–Crippen LogP) is 0.557. The molecule has 0 radical (unpaired) electrons. The summed E-state index contributed by atoms with van der Waals surface area (Å²) in [5, 5.41) is 11.5. The van der Waals surface area contributed by atoms with Gasteiger partial charge in [0.25, 0.3) is 0 Å². The van der Waals surface area contributed by atoms with Crippen molar-refractivity contribution < 1.29 is 14.7 Å². The quantitative estimate of drug-likeness (QED) is 0.621. The molecule has 0 aromatic heterocycles. The fourth-order valence-electron chi connectivity index (χ4n) is 1.42. The van der Waals surface area contributed by atoms with E-state index in [1.54, 1.807) is 6.92 Å². The van der Waals surface area contributed by atoms with E-state index in [-0.39, 0.29) is 19.0 Å². The first-order chi connectivity index (χ1) is 8.38. The van der Waals surface area contributed by atoms with Crippen molar-refractivity contribution in [1.82, 2.24) is 10.2 Å². The van der Waals surface area contributed by atoms with Crippen LogP contribution in [-0.4, -0.2) is 47.6 Å². The molecule has 0 aromatic rings. The number of terminal acetylenes is 1. The molecule has 102 valence electrons. The molecule has 0 aliphatic heterocycles. The van der Waals surface area contributed by atoms with E-state index in [4.69, 9.17) is 11.5 Å². The number of hydrogen-bond acceptors (Lipinski definition) is 3. The Morgan fingerprint density at radius 2 is 2.00 bits per heavy atom. The molecule has 1 amide bonds. The lowest BCUT2D eigenvalue weighted by atomic mass is 10.1. The van der Waals surface area contributed by atoms with E-state index in [9.17, 15) is 9.59 Å². The van der Waals surface area contributed by atoms with E-state index in [0.29, 0.717) is 12.5 Å². The van der Waals surface area contributed by atoms with Crippen LogP contribution in [0.25, 0.3) is 0 Å². The molecule has 18 heavy (non-hydrogen) atoms. The van der Waals surface area contributed by atoms with Gasteiger partial charge in [-0.05, 0) is 19.3 Å². The molecule has 0 aromatic carbocycles. The second-order valence-corrected chi connectivity index (χ2v) is 4.65. The van der Waals surface area contributed by atoms with Gasteiger partial charge in [-0.25, -0.2) is 0 Å². The number of nitrogens with one attached hydrogen (secondary N) is 1. The molecule has 0 rings (SSSR count). The fraction of sp³-hybridized carbons (Fsp3) is 0.692. The normalized spacial score (nSPS) is 12.2. The molecule has 0 saturated carbocycles. The average molecular weight is 254 g/mol. The Balaban J connectivity index is 4.29. The van der Waals surface area contributed by atoms with Gasteiger partial charge in [0.2, 0.25) is 5.91 Å². The van der Waals surface area contributed by atoms with E-state index >= 15 is 0 Å². The van der Waals surface area contributed by atoms with Crippen molar-refractivity contribution in [3.63, 3.8) is 0 Å². The van der Waals surface area contributed by atoms with Crippen molar-refractivity contribution in [2.45, 2.75) is 33.2 Å². The lowest BCUT2D eigenvalue weighted by Crippen LogP contribution is -2.47. The van der Waals surface area contributed by atoms with Gasteiger partial charge in [0.15, 0.2) is 0 Å². The molecule has 5 heteroatoms. The zero-order valence-corrected chi connectivity index (χ0v) is 11.3. The van der Waals surface area contributed by atoms with Crippen LogP contribution in [0.3, 0.4) is 0 Å². The third-order valence-electron chi connectivity index (χ3n) is 2.58. The maximum Gasteiger partial charge on any atom is 0.317 e. The van der Waals surface area contributed by atoms with Gasteiger partial charge in [-0.1, -0.05) is 19.8 Å². The van der Waals surface area contributed by atoms with E-state index in [0.717, 1.165) is 6.42 Å². The lowest BCUT2D eigenvalue weighted by Gasteiger charge is -2.24. The molecule has 1 atom stereocenters. The summed E-state index contributed by atoms with van der Waals surface area (Å²) in [6.45, 7) is 6.31. The number of carbonyl (C=O) groups is 2. The maximum atomic E-state index is 11.8. The Bertz CT molecular complexity index is 321. The highest BCUT2D eigenvalue weighted by atomic mass is 16.4. The predicted molar refractivity (Wildman–Crippen MR) is 70.0 cm³/mol. The van der Waals surface area contributed by atoms with Crippen molar-refractivity contribution in [3.05, 3.63) is 0 Å². The Morgan fingerprint density at radius 1 is 1.39 bits per heavy atom. The molecule has 1 unspecified atom stereocenters. The summed E-state index contributed by atoms with van der Waals surface area (Å²) in [5.74, 6) is 1.70. The van der Waals surface area contributed by atoms with Crippen LogP contribution in [-0.2, 0) is 9.59 Å². The summed E-state index contributed by atoms with van der Waals surface area (Å²) < 4.78 is 0. The number of rotatable bonds is 8. The highest BCUT2D eigenvalue weighted by Crippen LogP contribution is 2.00. The first-order valence-corrected chi connectivity index (χ1v) is 6.05. The van der Waals surface area contributed by atoms with E-state index < -0.39 is 12.0 Å².